The predicted molar refractivity (Wildman–Crippen MR) is 89.1 cm³/mol. The van der Waals surface area contributed by atoms with Crippen molar-refractivity contribution in [3.63, 3.8) is 0 Å². The number of ether oxygens (including phenoxy) is 3. The van der Waals surface area contributed by atoms with Crippen molar-refractivity contribution in [1.82, 2.24) is 5.32 Å². The van der Waals surface area contributed by atoms with Gasteiger partial charge in [0.15, 0.2) is 11.5 Å². The molecule has 1 heterocycles. The first-order valence-electron chi connectivity index (χ1n) is 8.05. The Morgan fingerprint density at radius 3 is 2.88 bits per heavy atom. The van der Waals surface area contributed by atoms with Crippen LogP contribution in [0.4, 0.5) is 0 Å². The normalized spacial score (nSPS) is 16.6. The minimum Gasteiger partial charge on any atom is -0.546 e. The largest absolute Gasteiger partial charge is 0.546 e. The Morgan fingerprint density at radius 1 is 1.46 bits per heavy atom. The quantitative estimate of drug-likeness (QED) is 0.513. The van der Waals surface area contributed by atoms with Gasteiger partial charge in [-0.05, 0) is 36.6 Å². The molecule has 0 aromatic heterocycles. The van der Waals surface area contributed by atoms with E-state index in [0.717, 1.165) is 12.8 Å². The van der Waals surface area contributed by atoms with E-state index in [2.05, 4.69) is 5.32 Å². The van der Waals surface area contributed by atoms with E-state index in [1.54, 1.807) is 6.07 Å². The summed E-state index contributed by atoms with van der Waals surface area (Å²) in [6, 6.07) is 6.48. The maximum atomic E-state index is 12.1. The van der Waals surface area contributed by atoms with Crippen LogP contribution in [-0.2, 0) is 14.3 Å². The fourth-order valence-corrected chi connectivity index (χ4v) is 2.45. The number of aliphatic carboxylic acids is 1. The Morgan fingerprint density at radius 2 is 2.27 bits per heavy atom. The van der Waals surface area contributed by atoms with E-state index in [0.29, 0.717) is 18.7 Å². The second-order valence-electron chi connectivity index (χ2n) is 5.59. The molecule has 1 aliphatic rings. The van der Waals surface area contributed by atoms with Crippen LogP contribution in [0.3, 0.4) is 0 Å². The highest BCUT2D eigenvalue weighted by Gasteiger charge is 2.17. The van der Waals surface area contributed by atoms with Crippen LogP contribution < -0.4 is 19.9 Å². The number of methoxy groups -OCH3 is 1. The summed E-state index contributed by atoms with van der Waals surface area (Å²) in [5.41, 5.74) is 0.472. The molecule has 8 heteroatoms. The van der Waals surface area contributed by atoms with Gasteiger partial charge < -0.3 is 29.4 Å². The summed E-state index contributed by atoms with van der Waals surface area (Å²) in [4.78, 5) is 22.6. The molecule has 0 spiro atoms. The monoisotopic (exact) mass is 359 g/mol. The summed E-state index contributed by atoms with van der Waals surface area (Å²) >= 11 is 0. The van der Waals surface area contributed by atoms with E-state index in [1.807, 2.05) is 6.07 Å². The number of hydrogen-bond donors (Lipinski definition) is 1. The highest BCUT2D eigenvalue weighted by atomic mass is 16.5. The lowest BCUT2D eigenvalue weighted by molar-refractivity contribution is -0.307. The van der Waals surface area contributed by atoms with Crippen molar-refractivity contribution >= 4 is 18.0 Å². The molecule has 0 unspecified atom stereocenters. The number of amides is 1. The zero-order chi connectivity index (χ0) is 18.9. The molecular weight excluding hydrogens is 340 g/mol. The van der Waals surface area contributed by atoms with Gasteiger partial charge >= 0.3 is 0 Å². The zero-order valence-electron chi connectivity index (χ0n) is 14.3. The first kappa shape index (κ1) is 19.3. The number of benzene rings is 1. The van der Waals surface area contributed by atoms with Crippen molar-refractivity contribution in [3.8, 4) is 17.6 Å². The van der Waals surface area contributed by atoms with E-state index in [9.17, 15) is 20.0 Å². The highest BCUT2D eigenvalue weighted by Crippen LogP contribution is 2.28. The zero-order valence-corrected chi connectivity index (χ0v) is 14.3. The summed E-state index contributed by atoms with van der Waals surface area (Å²) in [6.45, 7) is 0.436. The van der Waals surface area contributed by atoms with Crippen LogP contribution in [0, 0.1) is 11.3 Å². The number of carboxylic acid groups (broad SMARTS) is 1. The van der Waals surface area contributed by atoms with Crippen LogP contribution in [0.15, 0.2) is 23.8 Å². The van der Waals surface area contributed by atoms with E-state index < -0.39 is 18.5 Å². The molecule has 1 aliphatic heterocycles. The minimum atomic E-state index is -1.36. The molecule has 1 atom stereocenters. The van der Waals surface area contributed by atoms with Crippen LogP contribution >= 0.6 is 0 Å². The van der Waals surface area contributed by atoms with Crippen molar-refractivity contribution in [2.45, 2.75) is 18.9 Å². The van der Waals surface area contributed by atoms with Gasteiger partial charge in [-0.2, -0.15) is 5.26 Å². The Kier molecular flexibility index (Phi) is 7.00. The average Bonchev–Trinajstić information content (AvgIpc) is 3.16. The number of nitriles is 1. The van der Waals surface area contributed by atoms with Crippen molar-refractivity contribution in [2.75, 3.05) is 26.9 Å². The lowest BCUT2D eigenvalue weighted by atomic mass is 10.1. The fraction of sp³-hybridized carbons (Fsp3) is 0.389. The Hall–Kier alpha value is -3.05. The SMILES string of the molecule is COc1cc(/C=C(/C#N)C(=O)NC[C@@H]2CCCO2)ccc1OCC(=O)[O-]. The summed E-state index contributed by atoms with van der Waals surface area (Å²) in [5.74, 6) is -1.35. The third kappa shape index (κ3) is 5.50. The van der Waals surface area contributed by atoms with Crippen LogP contribution in [-0.4, -0.2) is 44.8 Å². The molecule has 1 aromatic carbocycles. The third-order valence-corrected chi connectivity index (χ3v) is 3.72. The minimum absolute atomic E-state index is 0.0147. The maximum Gasteiger partial charge on any atom is 0.262 e. The molecule has 1 aromatic rings. The molecule has 0 saturated carbocycles. The number of carbonyl (C=O) groups is 2. The average molecular weight is 359 g/mol. The number of carbonyl (C=O) groups excluding carboxylic acids is 2. The van der Waals surface area contributed by atoms with Crippen molar-refractivity contribution < 1.29 is 28.9 Å². The molecule has 138 valence electrons. The second kappa shape index (κ2) is 9.44. The van der Waals surface area contributed by atoms with Gasteiger partial charge in [0.1, 0.15) is 18.2 Å². The van der Waals surface area contributed by atoms with Gasteiger partial charge in [0, 0.05) is 13.2 Å². The summed E-state index contributed by atoms with van der Waals surface area (Å²) in [7, 11) is 1.40. The molecule has 0 bridgehead atoms. The number of nitrogens with one attached hydrogen (secondary N) is 1. The standard InChI is InChI=1S/C18H20N2O6/c1-24-16-8-12(4-5-15(16)26-11-17(21)22)7-13(9-19)18(23)20-10-14-3-2-6-25-14/h4-5,7-8,14H,2-3,6,10-11H2,1H3,(H,20,23)(H,21,22)/p-1/b13-7-/t14-/m0/s1. The van der Waals surface area contributed by atoms with E-state index in [-0.39, 0.29) is 23.2 Å². The first-order valence-corrected chi connectivity index (χ1v) is 8.05. The number of hydrogen-bond acceptors (Lipinski definition) is 7. The van der Waals surface area contributed by atoms with Gasteiger partial charge in [-0.3, -0.25) is 4.79 Å². The molecule has 1 saturated heterocycles. The van der Waals surface area contributed by atoms with Crippen LogP contribution in [0.1, 0.15) is 18.4 Å². The van der Waals surface area contributed by atoms with E-state index in [4.69, 9.17) is 14.2 Å². The molecular formula is C18H19N2O6-. The van der Waals surface area contributed by atoms with Crippen LogP contribution in [0.2, 0.25) is 0 Å². The molecule has 0 radical (unpaired) electrons. The van der Waals surface area contributed by atoms with Crippen molar-refractivity contribution in [1.29, 1.82) is 5.26 Å². The lowest BCUT2D eigenvalue weighted by Gasteiger charge is -2.12. The van der Waals surface area contributed by atoms with Gasteiger partial charge in [0.2, 0.25) is 0 Å². The summed E-state index contributed by atoms with van der Waals surface area (Å²) < 4.78 is 15.6. The molecule has 1 N–H and O–H groups in total. The predicted octanol–water partition coefficient (Wildman–Crippen LogP) is 0.0261. The number of rotatable bonds is 8. The number of nitrogens with zero attached hydrogens (tertiary/aromatic N) is 1. The van der Waals surface area contributed by atoms with Crippen LogP contribution in [0.5, 0.6) is 11.5 Å². The van der Waals surface area contributed by atoms with Crippen molar-refractivity contribution in [2.24, 2.45) is 0 Å². The molecule has 26 heavy (non-hydrogen) atoms. The smallest absolute Gasteiger partial charge is 0.262 e. The molecule has 1 amide bonds. The van der Waals surface area contributed by atoms with Gasteiger partial charge in [-0.1, -0.05) is 6.07 Å². The molecule has 1 fully saturated rings. The maximum absolute atomic E-state index is 12.1. The first-order chi connectivity index (χ1) is 12.5. The highest BCUT2D eigenvalue weighted by molar-refractivity contribution is 6.01. The van der Waals surface area contributed by atoms with Gasteiger partial charge in [-0.25, -0.2) is 0 Å². The molecule has 8 nitrogen and oxygen atoms in total. The summed E-state index contributed by atoms with van der Waals surface area (Å²) in [5, 5.41) is 22.4. The van der Waals surface area contributed by atoms with Crippen LogP contribution in [0.25, 0.3) is 6.08 Å². The second-order valence-corrected chi connectivity index (χ2v) is 5.59. The Bertz CT molecular complexity index is 732. The molecule has 0 aliphatic carbocycles. The molecule has 2 rings (SSSR count). The van der Waals surface area contributed by atoms with E-state index >= 15 is 0 Å². The number of carboxylic acids is 1. The topological polar surface area (TPSA) is 121 Å². The van der Waals surface area contributed by atoms with Gasteiger partial charge in [0.05, 0.1) is 19.2 Å². The van der Waals surface area contributed by atoms with Gasteiger partial charge in [-0.15, -0.1) is 0 Å². The Balaban J connectivity index is 2.07. The lowest BCUT2D eigenvalue weighted by Crippen LogP contribution is -2.32. The third-order valence-electron chi connectivity index (χ3n) is 3.72. The Labute approximate surface area is 151 Å². The fourth-order valence-electron chi connectivity index (χ4n) is 2.45. The summed E-state index contributed by atoms with van der Waals surface area (Å²) in [6.07, 6.45) is 3.25. The van der Waals surface area contributed by atoms with Crippen molar-refractivity contribution in [3.05, 3.63) is 29.3 Å². The van der Waals surface area contributed by atoms with E-state index in [1.165, 1.54) is 25.3 Å². The van der Waals surface area contributed by atoms with Gasteiger partial charge in [0.25, 0.3) is 5.91 Å².